The molecular weight excluding hydrogens is 369 g/mol. The third-order valence-electron chi connectivity index (χ3n) is 3.47. The summed E-state index contributed by atoms with van der Waals surface area (Å²) in [5, 5.41) is 11.7. The van der Waals surface area contributed by atoms with Crippen LogP contribution in [0, 0.1) is 10.1 Å². The first-order valence-electron chi connectivity index (χ1n) is 6.68. The molecule has 0 spiro atoms. The van der Waals surface area contributed by atoms with Gasteiger partial charge in [-0.1, -0.05) is 23.2 Å². The Morgan fingerprint density at radius 1 is 1.48 bits per heavy atom. The van der Waals surface area contributed by atoms with Crippen molar-refractivity contribution in [2.75, 3.05) is 20.3 Å². The molecule has 0 aromatic heterocycles. The molecule has 1 fully saturated rings. The first-order valence-corrected chi connectivity index (χ1v) is 8.92. The standard InChI is InChI=1S/C12H15Cl2N3O5S/c1-22-7-8-3-2-6-16(8)15-23(20,21)12-9(13)4-5-10(11(12)14)17(18)19/h4-5,8,15H,2-3,6-7H2,1H3. The lowest BCUT2D eigenvalue weighted by molar-refractivity contribution is -0.384. The number of nitro groups is 1. The molecule has 1 heterocycles. The number of benzene rings is 1. The van der Waals surface area contributed by atoms with E-state index in [2.05, 4.69) is 4.83 Å². The normalized spacial score (nSPS) is 19.2. The van der Waals surface area contributed by atoms with E-state index in [9.17, 15) is 18.5 Å². The average molecular weight is 384 g/mol. The zero-order chi connectivity index (χ0) is 17.2. The molecule has 1 unspecified atom stereocenters. The number of rotatable bonds is 6. The lowest BCUT2D eigenvalue weighted by atomic mass is 10.2. The third kappa shape index (κ3) is 3.93. The summed E-state index contributed by atoms with van der Waals surface area (Å²) in [5.74, 6) is 0. The van der Waals surface area contributed by atoms with Gasteiger partial charge in [0.25, 0.3) is 15.7 Å². The Labute approximate surface area is 143 Å². The number of nitro benzene ring substituents is 1. The molecule has 1 aliphatic rings. The second kappa shape index (κ2) is 7.29. The van der Waals surface area contributed by atoms with Gasteiger partial charge in [0.1, 0.15) is 9.92 Å². The smallest absolute Gasteiger partial charge is 0.289 e. The summed E-state index contributed by atoms with van der Waals surface area (Å²) in [4.78, 5) is 12.1. The van der Waals surface area contributed by atoms with Gasteiger partial charge in [0.2, 0.25) is 0 Å². The van der Waals surface area contributed by atoms with E-state index >= 15 is 0 Å². The van der Waals surface area contributed by atoms with E-state index in [4.69, 9.17) is 27.9 Å². The van der Waals surface area contributed by atoms with Crippen LogP contribution in [-0.2, 0) is 14.8 Å². The predicted molar refractivity (Wildman–Crippen MR) is 85.0 cm³/mol. The van der Waals surface area contributed by atoms with E-state index in [0.717, 1.165) is 25.0 Å². The molecule has 11 heteroatoms. The maximum absolute atomic E-state index is 12.6. The summed E-state index contributed by atoms with van der Waals surface area (Å²) < 4.78 is 30.2. The Morgan fingerprint density at radius 2 is 2.17 bits per heavy atom. The fourth-order valence-electron chi connectivity index (χ4n) is 2.43. The number of hydrogen-bond donors (Lipinski definition) is 1. The molecule has 23 heavy (non-hydrogen) atoms. The summed E-state index contributed by atoms with van der Waals surface area (Å²) in [6, 6.07) is 2.08. The van der Waals surface area contributed by atoms with Gasteiger partial charge in [-0.15, -0.1) is 4.83 Å². The number of methoxy groups -OCH3 is 1. The molecule has 0 radical (unpaired) electrons. The maximum atomic E-state index is 12.6. The van der Waals surface area contributed by atoms with Gasteiger partial charge >= 0.3 is 0 Å². The van der Waals surface area contributed by atoms with Gasteiger partial charge in [-0.05, 0) is 18.9 Å². The lowest BCUT2D eigenvalue weighted by Crippen LogP contribution is -2.46. The van der Waals surface area contributed by atoms with Gasteiger partial charge in [-0.25, -0.2) is 13.4 Å². The van der Waals surface area contributed by atoms with Crippen molar-refractivity contribution in [3.63, 3.8) is 0 Å². The van der Waals surface area contributed by atoms with E-state index in [1.165, 1.54) is 12.1 Å². The molecule has 0 saturated carbocycles. The van der Waals surface area contributed by atoms with Crippen LogP contribution in [0.25, 0.3) is 0 Å². The summed E-state index contributed by atoms with van der Waals surface area (Å²) in [5.41, 5.74) is -0.522. The molecule has 0 amide bonds. The molecule has 0 bridgehead atoms. The van der Waals surface area contributed by atoms with Crippen LogP contribution in [0.4, 0.5) is 5.69 Å². The van der Waals surface area contributed by atoms with E-state index in [-0.39, 0.29) is 11.1 Å². The number of halogens is 2. The van der Waals surface area contributed by atoms with Gasteiger partial charge in [0, 0.05) is 25.8 Å². The van der Waals surface area contributed by atoms with Crippen molar-refractivity contribution in [1.82, 2.24) is 9.84 Å². The zero-order valence-electron chi connectivity index (χ0n) is 12.2. The van der Waals surface area contributed by atoms with Crippen molar-refractivity contribution in [3.8, 4) is 0 Å². The first kappa shape index (κ1) is 18.4. The van der Waals surface area contributed by atoms with E-state index in [1.54, 1.807) is 0 Å². The largest absolute Gasteiger partial charge is 0.383 e. The fraction of sp³-hybridized carbons (Fsp3) is 0.500. The van der Waals surface area contributed by atoms with Crippen LogP contribution in [0.1, 0.15) is 12.8 Å². The Kier molecular flexibility index (Phi) is 5.82. The minimum Gasteiger partial charge on any atom is -0.383 e. The van der Waals surface area contributed by atoms with Crippen molar-refractivity contribution >= 4 is 38.9 Å². The second-order valence-electron chi connectivity index (χ2n) is 5.01. The fourth-order valence-corrected chi connectivity index (χ4v) is 4.79. The quantitative estimate of drug-likeness (QED) is 0.596. The monoisotopic (exact) mass is 383 g/mol. The van der Waals surface area contributed by atoms with E-state index < -0.39 is 30.6 Å². The molecule has 1 N–H and O–H groups in total. The molecule has 1 atom stereocenters. The first-order chi connectivity index (χ1) is 10.8. The van der Waals surface area contributed by atoms with E-state index in [1.807, 2.05) is 0 Å². The van der Waals surface area contributed by atoms with Crippen molar-refractivity contribution in [2.45, 2.75) is 23.8 Å². The highest BCUT2D eigenvalue weighted by Gasteiger charge is 2.33. The zero-order valence-corrected chi connectivity index (χ0v) is 14.5. The van der Waals surface area contributed by atoms with Crippen LogP contribution in [0.5, 0.6) is 0 Å². The van der Waals surface area contributed by atoms with Crippen LogP contribution < -0.4 is 4.83 Å². The van der Waals surface area contributed by atoms with Crippen molar-refractivity contribution in [2.24, 2.45) is 0 Å². The summed E-state index contributed by atoms with van der Waals surface area (Å²) in [6.45, 7) is 0.857. The Hall–Kier alpha value is -0.970. The molecule has 2 rings (SSSR count). The molecule has 128 valence electrons. The minimum atomic E-state index is -4.16. The van der Waals surface area contributed by atoms with Crippen molar-refractivity contribution in [3.05, 3.63) is 32.3 Å². The summed E-state index contributed by atoms with van der Waals surface area (Å²) in [7, 11) is -2.63. The van der Waals surface area contributed by atoms with Gasteiger partial charge in [-0.2, -0.15) is 0 Å². The Morgan fingerprint density at radius 3 is 2.78 bits per heavy atom. The minimum absolute atomic E-state index is 0.119. The molecule has 0 aliphatic carbocycles. The van der Waals surface area contributed by atoms with Gasteiger partial charge < -0.3 is 4.74 Å². The van der Waals surface area contributed by atoms with Gasteiger partial charge in [0.15, 0.2) is 0 Å². The maximum Gasteiger partial charge on any atom is 0.289 e. The number of sulfonamides is 1. The van der Waals surface area contributed by atoms with Crippen LogP contribution in [0.3, 0.4) is 0 Å². The van der Waals surface area contributed by atoms with Crippen LogP contribution in [0.2, 0.25) is 10.0 Å². The third-order valence-corrected chi connectivity index (χ3v) is 5.83. The highest BCUT2D eigenvalue weighted by Crippen LogP contribution is 2.36. The van der Waals surface area contributed by atoms with Crippen molar-refractivity contribution in [1.29, 1.82) is 0 Å². The highest BCUT2D eigenvalue weighted by molar-refractivity contribution is 7.89. The average Bonchev–Trinajstić information content (AvgIpc) is 2.85. The lowest BCUT2D eigenvalue weighted by Gasteiger charge is -2.24. The summed E-state index contributed by atoms with van der Waals surface area (Å²) in [6.07, 6.45) is 1.57. The molecule has 8 nitrogen and oxygen atoms in total. The van der Waals surface area contributed by atoms with E-state index in [0.29, 0.717) is 13.2 Å². The Bertz CT molecular complexity index is 713. The number of ether oxygens (including phenoxy) is 1. The molecular formula is C12H15Cl2N3O5S. The Balaban J connectivity index is 2.36. The molecule has 1 aromatic carbocycles. The van der Waals surface area contributed by atoms with Crippen molar-refractivity contribution < 1.29 is 18.1 Å². The number of nitrogens with zero attached hydrogens (tertiary/aromatic N) is 2. The molecule has 1 aliphatic heterocycles. The molecule has 1 aromatic rings. The SMILES string of the molecule is COCC1CCCN1NS(=O)(=O)c1c(Cl)ccc([N+](=O)[O-])c1Cl. The second-order valence-corrected chi connectivity index (χ2v) is 7.39. The highest BCUT2D eigenvalue weighted by atomic mass is 35.5. The topological polar surface area (TPSA) is 102 Å². The number of nitrogens with one attached hydrogen (secondary N) is 1. The molecule has 1 saturated heterocycles. The van der Waals surface area contributed by atoms with Crippen LogP contribution >= 0.6 is 23.2 Å². The van der Waals surface area contributed by atoms with Gasteiger partial charge in [-0.3, -0.25) is 10.1 Å². The predicted octanol–water partition coefficient (Wildman–Crippen LogP) is 2.21. The number of hydrazine groups is 1. The van der Waals surface area contributed by atoms with Gasteiger partial charge in [0.05, 0.1) is 16.6 Å². The summed E-state index contributed by atoms with van der Waals surface area (Å²) >= 11 is 11.8. The van der Waals surface area contributed by atoms with Crippen LogP contribution in [0.15, 0.2) is 17.0 Å². The van der Waals surface area contributed by atoms with Crippen LogP contribution in [-0.4, -0.2) is 44.7 Å². The number of hydrogen-bond acceptors (Lipinski definition) is 6.